The average Bonchev–Trinajstić information content (AvgIpc) is 3.04. The molecule has 1 rings (SSSR count). The number of unbranched alkanes of at least 4 members (excludes halogenated alkanes) is 10. The lowest BCUT2D eigenvalue weighted by atomic mass is 10.1. The van der Waals surface area contributed by atoms with Crippen molar-refractivity contribution in [3.63, 3.8) is 0 Å². The summed E-state index contributed by atoms with van der Waals surface area (Å²) in [6.45, 7) is 4.32. The Morgan fingerprint density at radius 2 is 1.54 bits per heavy atom. The third kappa shape index (κ3) is 10.0. The van der Waals surface area contributed by atoms with Crippen molar-refractivity contribution < 1.29 is 0 Å². The Morgan fingerprint density at radius 3 is 2.17 bits per heavy atom. The first-order chi connectivity index (χ1) is 11.8. The molecular weight excluding hydrogens is 294 g/mol. The standard InChI is InChI=1S/C21H41N3/c1-3-4-5-6-7-8-9-10-11-12-13-14-15-16-17-21-23-18-19-24(21)20(2)22/h8-9,18-21,23H,3-7,10-17,22H2,1-2H3/b9-8+. The van der Waals surface area contributed by atoms with Gasteiger partial charge in [0.15, 0.2) is 0 Å². The molecule has 0 fully saturated rings. The van der Waals surface area contributed by atoms with Crippen LogP contribution in [0.15, 0.2) is 24.6 Å². The Morgan fingerprint density at radius 1 is 0.958 bits per heavy atom. The van der Waals surface area contributed by atoms with E-state index in [0.29, 0.717) is 6.17 Å². The zero-order valence-electron chi connectivity index (χ0n) is 16.2. The van der Waals surface area contributed by atoms with E-state index in [4.69, 9.17) is 5.73 Å². The Labute approximate surface area is 150 Å². The van der Waals surface area contributed by atoms with Gasteiger partial charge >= 0.3 is 0 Å². The highest BCUT2D eigenvalue weighted by Crippen LogP contribution is 2.15. The van der Waals surface area contributed by atoms with Crippen LogP contribution in [0.5, 0.6) is 0 Å². The van der Waals surface area contributed by atoms with Gasteiger partial charge in [0.1, 0.15) is 0 Å². The number of hydrogen-bond donors (Lipinski definition) is 2. The second-order valence-corrected chi connectivity index (χ2v) is 7.21. The fourth-order valence-electron chi connectivity index (χ4n) is 3.31. The van der Waals surface area contributed by atoms with Crippen LogP contribution in [0.1, 0.15) is 97.3 Å². The van der Waals surface area contributed by atoms with Gasteiger partial charge in [0.25, 0.3) is 0 Å². The predicted molar refractivity (Wildman–Crippen MR) is 106 cm³/mol. The van der Waals surface area contributed by atoms with Gasteiger partial charge in [-0.3, -0.25) is 0 Å². The minimum atomic E-state index is 0.0981. The molecule has 0 saturated carbocycles. The Kier molecular flexibility index (Phi) is 12.6. The first-order valence-corrected chi connectivity index (χ1v) is 10.4. The molecule has 2 atom stereocenters. The van der Waals surface area contributed by atoms with Gasteiger partial charge < -0.3 is 16.0 Å². The Balaban J connectivity index is 1.83. The summed E-state index contributed by atoms with van der Waals surface area (Å²) in [5.41, 5.74) is 5.97. The predicted octanol–water partition coefficient (Wildman–Crippen LogP) is 5.64. The van der Waals surface area contributed by atoms with E-state index in [9.17, 15) is 0 Å². The summed E-state index contributed by atoms with van der Waals surface area (Å²) in [6, 6.07) is 0. The molecule has 3 nitrogen and oxygen atoms in total. The molecule has 24 heavy (non-hydrogen) atoms. The van der Waals surface area contributed by atoms with E-state index in [1.54, 1.807) is 0 Å². The average molecular weight is 336 g/mol. The lowest BCUT2D eigenvalue weighted by Gasteiger charge is -2.28. The van der Waals surface area contributed by atoms with Crippen LogP contribution in [-0.4, -0.2) is 17.2 Å². The molecular formula is C21H41N3. The maximum Gasteiger partial charge on any atom is 0.0995 e. The van der Waals surface area contributed by atoms with Gasteiger partial charge in [-0.15, -0.1) is 0 Å². The van der Waals surface area contributed by atoms with Crippen LogP contribution in [0.4, 0.5) is 0 Å². The first-order valence-electron chi connectivity index (χ1n) is 10.4. The highest BCUT2D eigenvalue weighted by atomic mass is 15.3. The minimum absolute atomic E-state index is 0.0981. The van der Waals surface area contributed by atoms with Crippen molar-refractivity contribution in [3.8, 4) is 0 Å². The summed E-state index contributed by atoms with van der Waals surface area (Å²) < 4.78 is 0. The molecule has 1 aliphatic rings. The summed E-state index contributed by atoms with van der Waals surface area (Å²) >= 11 is 0. The van der Waals surface area contributed by atoms with E-state index >= 15 is 0 Å². The zero-order chi connectivity index (χ0) is 17.5. The number of nitrogens with two attached hydrogens (primary N) is 1. The quantitative estimate of drug-likeness (QED) is 0.300. The SMILES string of the molecule is CCCCCC/C=C/CCCCCCCCC1NC=CN1C(C)N. The van der Waals surface area contributed by atoms with Crippen molar-refractivity contribution >= 4 is 0 Å². The third-order valence-electron chi connectivity index (χ3n) is 4.85. The van der Waals surface area contributed by atoms with Crippen molar-refractivity contribution in [1.82, 2.24) is 10.2 Å². The van der Waals surface area contributed by atoms with Gasteiger partial charge in [-0.2, -0.15) is 0 Å². The van der Waals surface area contributed by atoms with Crippen molar-refractivity contribution in [2.24, 2.45) is 5.73 Å². The molecule has 0 aliphatic carbocycles. The van der Waals surface area contributed by atoms with E-state index in [2.05, 4.69) is 35.5 Å². The molecule has 0 saturated heterocycles. The van der Waals surface area contributed by atoms with Crippen LogP contribution in [0.3, 0.4) is 0 Å². The largest absolute Gasteiger partial charge is 0.370 e. The van der Waals surface area contributed by atoms with E-state index in [1.165, 1.54) is 83.5 Å². The lowest BCUT2D eigenvalue weighted by molar-refractivity contribution is 0.208. The summed E-state index contributed by atoms with van der Waals surface area (Å²) in [4.78, 5) is 2.22. The summed E-state index contributed by atoms with van der Waals surface area (Å²) in [5, 5.41) is 3.39. The van der Waals surface area contributed by atoms with E-state index in [0.717, 1.165) is 0 Å². The maximum absolute atomic E-state index is 5.97. The molecule has 2 unspecified atom stereocenters. The van der Waals surface area contributed by atoms with Crippen LogP contribution < -0.4 is 11.1 Å². The van der Waals surface area contributed by atoms with Gasteiger partial charge in [-0.05, 0) is 45.4 Å². The number of nitrogens with zero attached hydrogens (tertiary/aromatic N) is 1. The monoisotopic (exact) mass is 335 g/mol. The van der Waals surface area contributed by atoms with Gasteiger partial charge in [0.2, 0.25) is 0 Å². The molecule has 1 heterocycles. The highest BCUT2D eigenvalue weighted by Gasteiger charge is 2.20. The second kappa shape index (κ2) is 14.4. The second-order valence-electron chi connectivity index (χ2n) is 7.21. The molecule has 140 valence electrons. The number of hydrogen-bond acceptors (Lipinski definition) is 3. The van der Waals surface area contributed by atoms with E-state index < -0.39 is 0 Å². The summed E-state index contributed by atoms with van der Waals surface area (Å²) in [7, 11) is 0. The van der Waals surface area contributed by atoms with Gasteiger partial charge in [0.05, 0.1) is 12.3 Å². The number of nitrogens with one attached hydrogen (secondary N) is 1. The fourth-order valence-corrected chi connectivity index (χ4v) is 3.31. The lowest BCUT2D eigenvalue weighted by Crippen LogP contribution is -2.44. The smallest absolute Gasteiger partial charge is 0.0995 e. The Bertz CT molecular complexity index is 336. The molecule has 0 aromatic heterocycles. The van der Waals surface area contributed by atoms with Crippen molar-refractivity contribution in [2.75, 3.05) is 0 Å². The molecule has 3 N–H and O–H groups in total. The minimum Gasteiger partial charge on any atom is -0.370 e. The fraction of sp³-hybridized carbons (Fsp3) is 0.810. The topological polar surface area (TPSA) is 41.3 Å². The molecule has 0 spiro atoms. The molecule has 0 amide bonds. The summed E-state index contributed by atoms with van der Waals surface area (Å²) in [6.07, 6.45) is 26.8. The zero-order valence-corrected chi connectivity index (χ0v) is 16.2. The maximum atomic E-state index is 5.97. The van der Waals surface area contributed by atoms with Crippen LogP contribution in [0.2, 0.25) is 0 Å². The molecule has 0 bridgehead atoms. The first kappa shape index (κ1) is 21.1. The van der Waals surface area contributed by atoms with Gasteiger partial charge in [0, 0.05) is 12.4 Å². The summed E-state index contributed by atoms with van der Waals surface area (Å²) in [5.74, 6) is 0. The van der Waals surface area contributed by atoms with Crippen molar-refractivity contribution in [3.05, 3.63) is 24.6 Å². The van der Waals surface area contributed by atoms with Gasteiger partial charge in [-0.25, -0.2) is 0 Å². The van der Waals surface area contributed by atoms with Crippen molar-refractivity contribution in [2.45, 2.75) is 110 Å². The van der Waals surface area contributed by atoms with Crippen molar-refractivity contribution in [1.29, 1.82) is 0 Å². The molecule has 3 heteroatoms. The van der Waals surface area contributed by atoms with Crippen LogP contribution in [0.25, 0.3) is 0 Å². The molecule has 0 aromatic carbocycles. The number of allylic oxidation sites excluding steroid dienone is 2. The normalized spacial score (nSPS) is 18.5. The molecule has 1 aliphatic heterocycles. The van der Waals surface area contributed by atoms with Crippen LogP contribution in [0, 0.1) is 0 Å². The van der Waals surface area contributed by atoms with E-state index in [-0.39, 0.29) is 6.17 Å². The third-order valence-corrected chi connectivity index (χ3v) is 4.85. The molecule has 0 aromatic rings. The van der Waals surface area contributed by atoms with Crippen LogP contribution >= 0.6 is 0 Å². The highest BCUT2D eigenvalue weighted by molar-refractivity contribution is 4.95. The Hall–Kier alpha value is -0.960. The number of rotatable bonds is 15. The molecule has 0 radical (unpaired) electrons. The van der Waals surface area contributed by atoms with Crippen LogP contribution in [-0.2, 0) is 0 Å². The van der Waals surface area contributed by atoms with E-state index in [1.807, 2.05) is 13.1 Å². The van der Waals surface area contributed by atoms with Gasteiger partial charge in [-0.1, -0.05) is 64.0 Å².